The van der Waals surface area contributed by atoms with Gasteiger partial charge in [0.2, 0.25) is 5.91 Å². The third kappa shape index (κ3) is 6.89. The lowest BCUT2D eigenvalue weighted by molar-refractivity contribution is -0.133. The van der Waals surface area contributed by atoms with Crippen molar-refractivity contribution in [2.75, 3.05) is 66.5 Å². The minimum atomic E-state index is 0.275. The zero-order valence-electron chi connectivity index (χ0n) is 13.0. The lowest BCUT2D eigenvalue weighted by Gasteiger charge is -2.31. The van der Waals surface area contributed by atoms with E-state index < -0.39 is 0 Å². The SMILES string of the molecule is CC(C)CN(CCN(C)C)C(=O)CN1CCNCC1. The zero-order chi connectivity index (χ0) is 14.3. The molecule has 0 aromatic heterocycles. The molecule has 0 atom stereocenters. The van der Waals surface area contributed by atoms with Crippen LogP contribution in [0.4, 0.5) is 0 Å². The first-order valence-corrected chi connectivity index (χ1v) is 7.34. The largest absolute Gasteiger partial charge is 0.340 e. The summed E-state index contributed by atoms with van der Waals surface area (Å²) in [5.74, 6) is 0.798. The van der Waals surface area contributed by atoms with Crippen LogP contribution in [0.2, 0.25) is 0 Å². The molecule has 1 amide bonds. The fraction of sp³-hybridized carbons (Fsp3) is 0.929. The van der Waals surface area contributed by atoms with Crippen molar-refractivity contribution in [3.8, 4) is 0 Å². The fourth-order valence-electron chi connectivity index (χ4n) is 2.24. The van der Waals surface area contributed by atoms with Crippen LogP contribution < -0.4 is 5.32 Å². The molecule has 1 aliphatic rings. The van der Waals surface area contributed by atoms with Crippen LogP contribution in [0.25, 0.3) is 0 Å². The minimum Gasteiger partial charge on any atom is -0.340 e. The van der Waals surface area contributed by atoms with E-state index in [4.69, 9.17) is 0 Å². The van der Waals surface area contributed by atoms with Crippen molar-refractivity contribution < 1.29 is 4.79 Å². The molecule has 5 heteroatoms. The molecule has 0 bridgehead atoms. The van der Waals surface area contributed by atoms with Crippen LogP contribution in [0.1, 0.15) is 13.8 Å². The summed E-state index contributed by atoms with van der Waals surface area (Å²) in [6, 6.07) is 0. The van der Waals surface area contributed by atoms with Gasteiger partial charge in [-0.1, -0.05) is 13.8 Å². The predicted octanol–water partition coefficient (Wildman–Crippen LogP) is -0.0622. The van der Waals surface area contributed by atoms with E-state index in [1.807, 2.05) is 19.0 Å². The monoisotopic (exact) mass is 270 g/mol. The molecule has 19 heavy (non-hydrogen) atoms. The quantitative estimate of drug-likeness (QED) is 0.703. The molecule has 0 unspecified atom stereocenters. The second-order valence-corrected chi connectivity index (χ2v) is 6.06. The maximum atomic E-state index is 12.4. The molecule has 0 radical (unpaired) electrons. The summed E-state index contributed by atoms with van der Waals surface area (Å²) >= 11 is 0. The molecular formula is C14H30N4O. The highest BCUT2D eigenvalue weighted by molar-refractivity contribution is 5.78. The Kier molecular flexibility index (Phi) is 7.34. The van der Waals surface area contributed by atoms with Gasteiger partial charge in [-0.3, -0.25) is 9.69 Å². The number of nitrogens with one attached hydrogen (secondary N) is 1. The summed E-state index contributed by atoms with van der Waals surface area (Å²) in [5.41, 5.74) is 0. The van der Waals surface area contributed by atoms with Crippen LogP contribution in [0.5, 0.6) is 0 Å². The summed E-state index contributed by atoms with van der Waals surface area (Å²) < 4.78 is 0. The topological polar surface area (TPSA) is 38.8 Å². The normalized spacial score (nSPS) is 17.2. The van der Waals surface area contributed by atoms with Gasteiger partial charge in [-0.2, -0.15) is 0 Å². The second-order valence-electron chi connectivity index (χ2n) is 6.06. The van der Waals surface area contributed by atoms with E-state index in [1.54, 1.807) is 0 Å². The van der Waals surface area contributed by atoms with Crippen molar-refractivity contribution in [1.29, 1.82) is 0 Å². The van der Waals surface area contributed by atoms with E-state index in [2.05, 4.69) is 29.0 Å². The number of rotatable bonds is 7. The molecule has 0 aliphatic carbocycles. The van der Waals surface area contributed by atoms with Gasteiger partial charge in [-0.15, -0.1) is 0 Å². The number of amides is 1. The van der Waals surface area contributed by atoms with Gasteiger partial charge in [0.25, 0.3) is 0 Å². The average Bonchev–Trinajstić information content (AvgIpc) is 2.35. The molecule has 0 aromatic rings. The molecule has 1 saturated heterocycles. The molecule has 0 saturated carbocycles. The van der Waals surface area contributed by atoms with Crippen molar-refractivity contribution in [2.45, 2.75) is 13.8 Å². The zero-order valence-corrected chi connectivity index (χ0v) is 13.0. The molecule has 5 nitrogen and oxygen atoms in total. The Labute approximate surface area is 117 Å². The van der Waals surface area contributed by atoms with Crippen molar-refractivity contribution in [3.63, 3.8) is 0 Å². The highest BCUT2D eigenvalue weighted by Crippen LogP contribution is 2.02. The molecule has 0 aromatic carbocycles. The minimum absolute atomic E-state index is 0.275. The summed E-state index contributed by atoms with van der Waals surface area (Å²) in [4.78, 5) is 18.8. The van der Waals surface area contributed by atoms with Crippen LogP contribution in [-0.4, -0.2) is 87.1 Å². The smallest absolute Gasteiger partial charge is 0.236 e. The van der Waals surface area contributed by atoms with E-state index >= 15 is 0 Å². The summed E-state index contributed by atoms with van der Waals surface area (Å²) in [7, 11) is 4.10. The van der Waals surface area contributed by atoms with E-state index in [1.165, 1.54) is 0 Å². The first-order chi connectivity index (χ1) is 8.99. The van der Waals surface area contributed by atoms with Gasteiger partial charge in [-0.25, -0.2) is 0 Å². The van der Waals surface area contributed by atoms with Crippen LogP contribution in [0.3, 0.4) is 0 Å². The summed E-state index contributed by atoms with van der Waals surface area (Å²) in [6.45, 7) is 11.5. The van der Waals surface area contributed by atoms with Crippen LogP contribution in [0.15, 0.2) is 0 Å². The van der Waals surface area contributed by atoms with Crippen molar-refractivity contribution in [3.05, 3.63) is 0 Å². The molecule has 112 valence electrons. The highest BCUT2D eigenvalue weighted by Gasteiger charge is 2.19. The Morgan fingerprint density at radius 3 is 2.37 bits per heavy atom. The predicted molar refractivity (Wildman–Crippen MR) is 79.3 cm³/mol. The summed E-state index contributed by atoms with van der Waals surface area (Å²) in [5, 5.41) is 3.32. The Hall–Kier alpha value is -0.650. The molecule has 1 N–H and O–H groups in total. The van der Waals surface area contributed by atoms with Gasteiger partial charge in [0.05, 0.1) is 6.54 Å². The average molecular weight is 270 g/mol. The second kappa shape index (κ2) is 8.51. The van der Waals surface area contributed by atoms with Crippen molar-refractivity contribution in [1.82, 2.24) is 20.0 Å². The first kappa shape index (κ1) is 16.4. The molecule has 1 heterocycles. The number of hydrogen-bond acceptors (Lipinski definition) is 4. The molecular weight excluding hydrogens is 240 g/mol. The van der Waals surface area contributed by atoms with Crippen molar-refractivity contribution in [2.24, 2.45) is 5.92 Å². The first-order valence-electron chi connectivity index (χ1n) is 7.34. The molecule has 1 rings (SSSR count). The van der Waals surface area contributed by atoms with E-state index in [0.717, 1.165) is 45.8 Å². The Morgan fingerprint density at radius 2 is 1.84 bits per heavy atom. The van der Waals surface area contributed by atoms with Gasteiger partial charge >= 0.3 is 0 Å². The standard InChI is InChI=1S/C14H30N4O/c1-13(2)11-18(10-9-16(3)4)14(19)12-17-7-5-15-6-8-17/h13,15H,5-12H2,1-4H3. The molecule has 0 spiro atoms. The van der Waals surface area contributed by atoms with Gasteiger partial charge < -0.3 is 15.1 Å². The van der Waals surface area contributed by atoms with Crippen LogP contribution >= 0.6 is 0 Å². The third-order valence-electron chi connectivity index (χ3n) is 3.32. The van der Waals surface area contributed by atoms with Crippen LogP contribution in [-0.2, 0) is 4.79 Å². The van der Waals surface area contributed by atoms with E-state index in [0.29, 0.717) is 12.5 Å². The van der Waals surface area contributed by atoms with Gasteiger partial charge in [-0.05, 0) is 20.0 Å². The lowest BCUT2D eigenvalue weighted by atomic mass is 10.2. The van der Waals surface area contributed by atoms with E-state index in [-0.39, 0.29) is 5.91 Å². The lowest BCUT2D eigenvalue weighted by Crippen LogP contribution is -2.49. The summed E-state index contributed by atoms with van der Waals surface area (Å²) in [6.07, 6.45) is 0. The Balaban J connectivity index is 2.44. The number of likely N-dealkylation sites (N-methyl/N-ethyl adjacent to an activating group) is 1. The number of carbonyl (C=O) groups excluding carboxylic acids is 1. The molecule has 1 fully saturated rings. The Morgan fingerprint density at radius 1 is 1.21 bits per heavy atom. The highest BCUT2D eigenvalue weighted by atomic mass is 16.2. The van der Waals surface area contributed by atoms with Gasteiger partial charge in [0, 0.05) is 45.8 Å². The maximum absolute atomic E-state index is 12.4. The maximum Gasteiger partial charge on any atom is 0.236 e. The number of piperazine rings is 1. The van der Waals surface area contributed by atoms with E-state index in [9.17, 15) is 4.79 Å². The fourth-order valence-corrected chi connectivity index (χ4v) is 2.24. The van der Waals surface area contributed by atoms with Crippen LogP contribution in [0, 0.1) is 5.92 Å². The third-order valence-corrected chi connectivity index (χ3v) is 3.32. The Bertz CT molecular complexity index is 262. The number of hydrogen-bond donors (Lipinski definition) is 1. The number of carbonyl (C=O) groups is 1. The van der Waals surface area contributed by atoms with Gasteiger partial charge in [0.15, 0.2) is 0 Å². The van der Waals surface area contributed by atoms with Gasteiger partial charge in [0.1, 0.15) is 0 Å². The molecule has 1 aliphatic heterocycles. The van der Waals surface area contributed by atoms with Crippen molar-refractivity contribution >= 4 is 5.91 Å². The number of nitrogens with zero attached hydrogens (tertiary/aromatic N) is 3.